The first kappa shape index (κ1) is 11.6. The molecule has 6 nitrogen and oxygen atoms in total. The number of hydrogen-bond donors (Lipinski definition) is 0. The third kappa shape index (κ3) is 1.40. The molecule has 2 fully saturated rings. The molecular weight excluding hydrogens is 258 g/mol. The van der Waals surface area contributed by atoms with Crippen LogP contribution in [0.5, 0.6) is 0 Å². The van der Waals surface area contributed by atoms with Crippen LogP contribution in [0.4, 0.5) is 0 Å². The van der Waals surface area contributed by atoms with Gasteiger partial charge in [-0.25, -0.2) is 0 Å². The minimum absolute atomic E-state index is 0.0245. The van der Waals surface area contributed by atoms with Crippen molar-refractivity contribution in [1.82, 2.24) is 5.06 Å². The van der Waals surface area contributed by atoms with Crippen LogP contribution in [0.2, 0.25) is 0 Å². The normalized spacial score (nSPS) is 37.4. The summed E-state index contributed by atoms with van der Waals surface area (Å²) in [6.45, 7) is 3.06. The number of amides is 2. The molecule has 0 aromatic rings. The summed E-state index contributed by atoms with van der Waals surface area (Å²) in [7, 11) is -4.09. The van der Waals surface area contributed by atoms with Gasteiger partial charge in [-0.15, -0.1) is 9.35 Å². The molecule has 2 bridgehead atoms. The number of allylic oxidation sites excluding steroid dienone is 2. The van der Waals surface area contributed by atoms with Crippen LogP contribution in [0.15, 0.2) is 24.1 Å². The van der Waals surface area contributed by atoms with Gasteiger partial charge >= 0.3 is 10.1 Å². The molecule has 0 aromatic carbocycles. The molecule has 2 amide bonds. The SMILES string of the molecule is C=CS(=O)(=O)ON1C(=O)C2C3C=CC(C3)C2C1=O. The first-order valence-corrected chi connectivity index (χ1v) is 7.05. The summed E-state index contributed by atoms with van der Waals surface area (Å²) in [4.78, 5) is 24.1. The van der Waals surface area contributed by atoms with Crippen LogP contribution in [0.25, 0.3) is 0 Å². The largest absolute Gasteiger partial charge is 0.310 e. The lowest BCUT2D eigenvalue weighted by Crippen LogP contribution is -2.34. The molecule has 2 aliphatic carbocycles. The van der Waals surface area contributed by atoms with Gasteiger partial charge in [0.05, 0.1) is 17.2 Å². The van der Waals surface area contributed by atoms with Gasteiger partial charge in [-0.2, -0.15) is 8.42 Å². The number of nitrogens with zero attached hydrogens (tertiary/aromatic N) is 1. The Balaban J connectivity index is 1.91. The first-order chi connectivity index (χ1) is 8.44. The number of fused-ring (bicyclic) bond motifs is 5. The van der Waals surface area contributed by atoms with E-state index in [4.69, 9.17) is 0 Å². The monoisotopic (exact) mass is 269 g/mol. The van der Waals surface area contributed by atoms with E-state index in [-0.39, 0.29) is 11.8 Å². The zero-order valence-corrected chi connectivity index (χ0v) is 10.2. The van der Waals surface area contributed by atoms with E-state index in [1.54, 1.807) is 0 Å². The lowest BCUT2D eigenvalue weighted by Gasteiger charge is -2.14. The van der Waals surface area contributed by atoms with Gasteiger partial charge in [-0.1, -0.05) is 18.7 Å². The van der Waals surface area contributed by atoms with Crippen molar-refractivity contribution in [2.75, 3.05) is 0 Å². The van der Waals surface area contributed by atoms with Crippen molar-refractivity contribution in [3.63, 3.8) is 0 Å². The van der Waals surface area contributed by atoms with Gasteiger partial charge in [0.1, 0.15) is 0 Å². The van der Waals surface area contributed by atoms with E-state index in [9.17, 15) is 18.0 Å². The summed E-state index contributed by atoms with van der Waals surface area (Å²) >= 11 is 0. The highest BCUT2D eigenvalue weighted by molar-refractivity contribution is 7.89. The lowest BCUT2D eigenvalue weighted by molar-refractivity contribution is -0.166. The molecule has 18 heavy (non-hydrogen) atoms. The van der Waals surface area contributed by atoms with E-state index in [2.05, 4.69) is 10.9 Å². The molecule has 1 saturated carbocycles. The molecule has 3 aliphatic rings. The zero-order chi connectivity index (χ0) is 13.1. The van der Waals surface area contributed by atoms with E-state index < -0.39 is 33.8 Å². The molecule has 0 spiro atoms. The fourth-order valence-electron chi connectivity index (χ4n) is 3.08. The Bertz CT molecular complexity index is 548. The Morgan fingerprint density at radius 3 is 2.17 bits per heavy atom. The maximum atomic E-state index is 12.0. The number of hydrogen-bond acceptors (Lipinski definition) is 5. The van der Waals surface area contributed by atoms with Gasteiger partial charge < -0.3 is 0 Å². The van der Waals surface area contributed by atoms with Gasteiger partial charge in [0.15, 0.2) is 0 Å². The smallest absolute Gasteiger partial charge is 0.272 e. The van der Waals surface area contributed by atoms with E-state index in [1.807, 2.05) is 12.2 Å². The van der Waals surface area contributed by atoms with Gasteiger partial charge in [0.25, 0.3) is 11.8 Å². The van der Waals surface area contributed by atoms with E-state index in [1.165, 1.54) is 0 Å². The summed E-state index contributed by atoms with van der Waals surface area (Å²) < 4.78 is 27.0. The van der Waals surface area contributed by atoms with Crippen LogP contribution < -0.4 is 0 Å². The predicted octanol–water partition coefficient (Wildman–Crippen LogP) is 0.198. The highest BCUT2D eigenvalue weighted by Crippen LogP contribution is 2.52. The van der Waals surface area contributed by atoms with Crippen LogP contribution in [-0.2, 0) is 24.0 Å². The molecule has 3 rings (SSSR count). The summed E-state index contributed by atoms with van der Waals surface area (Å²) in [5.41, 5.74) is 0. The Morgan fingerprint density at radius 2 is 1.72 bits per heavy atom. The van der Waals surface area contributed by atoms with Crippen LogP contribution >= 0.6 is 0 Å². The van der Waals surface area contributed by atoms with Crippen LogP contribution in [0.1, 0.15) is 6.42 Å². The highest BCUT2D eigenvalue weighted by Gasteiger charge is 2.60. The molecule has 4 unspecified atom stereocenters. The summed E-state index contributed by atoms with van der Waals surface area (Å²) in [5, 5.41) is 0.951. The quantitative estimate of drug-likeness (QED) is 0.540. The number of carbonyl (C=O) groups excluding carboxylic acids is 2. The maximum Gasteiger partial charge on any atom is 0.310 e. The molecule has 0 N–H and O–H groups in total. The van der Waals surface area contributed by atoms with Crippen molar-refractivity contribution in [1.29, 1.82) is 0 Å². The second-order valence-electron chi connectivity index (χ2n) is 4.70. The van der Waals surface area contributed by atoms with Crippen LogP contribution in [-0.4, -0.2) is 25.3 Å². The second-order valence-corrected chi connectivity index (χ2v) is 6.17. The second kappa shape index (κ2) is 3.52. The van der Waals surface area contributed by atoms with Crippen molar-refractivity contribution >= 4 is 21.9 Å². The molecule has 1 heterocycles. The number of hydroxylamine groups is 2. The first-order valence-electron chi connectivity index (χ1n) is 5.58. The Labute approximate surface area is 104 Å². The minimum atomic E-state index is -4.09. The molecule has 4 atom stereocenters. The van der Waals surface area contributed by atoms with E-state index in [0.717, 1.165) is 6.42 Å². The highest BCUT2D eigenvalue weighted by atomic mass is 32.2. The van der Waals surface area contributed by atoms with Gasteiger partial charge in [-0.05, 0) is 18.3 Å². The van der Waals surface area contributed by atoms with E-state index >= 15 is 0 Å². The van der Waals surface area contributed by atoms with Crippen LogP contribution in [0.3, 0.4) is 0 Å². The zero-order valence-electron chi connectivity index (χ0n) is 9.35. The molecular formula is C11H11NO5S. The van der Waals surface area contributed by atoms with Gasteiger partial charge in [0, 0.05) is 0 Å². The Morgan fingerprint density at radius 1 is 1.22 bits per heavy atom. The minimum Gasteiger partial charge on any atom is -0.272 e. The number of rotatable bonds is 3. The fourth-order valence-corrected chi connectivity index (χ4v) is 3.50. The Kier molecular flexibility index (Phi) is 2.27. The third-order valence-corrected chi connectivity index (χ3v) is 4.58. The van der Waals surface area contributed by atoms with E-state index in [0.29, 0.717) is 10.5 Å². The Hall–Kier alpha value is -1.47. The molecule has 0 aromatic heterocycles. The third-order valence-electron chi connectivity index (χ3n) is 3.81. The van der Waals surface area contributed by atoms with Crippen molar-refractivity contribution in [2.45, 2.75) is 6.42 Å². The summed E-state index contributed by atoms with van der Waals surface area (Å²) in [6.07, 6.45) is 4.62. The topological polar surface area (TPSA) is 80.8 Å². The van der Waals surface area contributed by atoms with Crippen molar-refractivity contribution in [3.8, 4) is 0 Å². The molecule has 7 heteroatoms. The average molecular weight is 269 g/mol. The van der Waals surface area contributed by atoms with Gasteiger partial charge in [0.2, 0.25) is 0 Å². The molecule has 96 valence electrons. The molecule has 0 radical (unpaired) electrons. The lowest BCUT2D eigenvalue weighted by atomic mass is 9.85. The van der Waals surface area contributed by atoms with Crippen molar-refractivity contribution in [2.24, 2.45) is 23.7 Å². The van der Waals surface area contributed by atoms with Gasteiger partial charge in [-0.3, -0.25) is 9.59 Å². The van der Waals surface area contributed by atoms with Crippen LogP contribution in [0, 0.1) is 23.7 Å². The standard InChI is InChI=1S/C11H11NO5S/c1-2-18(15,16)17-12-10(13)8-6-3-4-7(5-6)9(8)11(12)14/h2-4,6-9H,1,5H2. The molecule has 1 aliphatic heterocycles. The molecule has 1 saturated heterocycles. The predicted molar refractivity (Wildman–Crippen MR) is 59.8 cm³/mol. The number of carbonyl (C=O) groups is 2. The fraction of sp³-hybridized carbons (Fsp3) is 0.455. The van der Waals surface area contributed by atoms with Crippen molar-refractivity contribution in [3.05, 3.63) is 24.1 Å². The average Bonchev–Trinajstić information content (AvgIpc) is 2.99. The number of imide groups is 1. The summed E-state index contributed by atoms with van der Waals surface area (Å²) in [5.74, 6) is -2.01. The van der Waals surface area contributed by atoms with Crippen molar-refractivity contribution < 1.29 is 22.3 Å². The summed E-state index contributed by atoms with van der Waals surface area (Å²) in [6, 6.07) is 0. The maximum absolute atomic E-state index is 12.0.